The monoisotopic (exact) mass is 534 g/mol. The summed E-state index contributed by atoms with van der Waals surface area (Å²) in [5.41, 5.74) is 10.5. The van der Waals surface area contributed by atoms with Crippen LogP contribution in [0.15, 0.2) is 144 Å². The molecule has 0 radical (unpaired) electrons. The smallest absolute Gasteiger partial charge is 0.136 e. The van der Waals surface area contributed by atoms with E-state index in [1.54, 1.807) is 0 Å². The van der Waals surface area contributed by atoms with Gasteiger partial charge in [-0.1, -0.05) is 121 Å². The van der Waals surface area contributed by atoms with E-state index in [9.17, 15) is 0 Å². The molecular formula is C41H26O. The van der Waals surface area contributed by atoms with Gasteiger partial charge in [-0.05, 0) is 96.9 Å². The molecule has 0 N–H and O–H groups in total. The van der Waals surface area contributed by atoms with Crippen LogP contribution in [0.25, 0.3) is 87.6 Å². The van der Waals surface area contributed by atoms with Gasteiger partial charge in [-0.25, -0.2) is 0 Å². The van der Waals surface area contributed by atoms with Crippen molar-refractivity contribution in [2.24, 2.45) is 0 Å². The molecule has 8 aromatic carbocycles. The second-order valence-electron chi connectivity index (χ2n) is 11.4. The zero-order chi connectivity index (χ0) is 27.8. The topological polar surface area (TPSA) is 13.1 Å². The van der Waals surface area contributed by atoms with Gasteiger partial charge >= 0.3 is 0 Å². The summed E-state index contributed by atoms with van der Waals surface area (Å²) in [5.74, 6) is 0. The molecule has 42 heavy (non-hydrogen) atoms. The van der Waals surface area contributed by atoms with Crippen molar-refractivity contribution in [3.05, 3.63) is 145 Å². The normalized spacial score (nSPS) is 11.9. The van der Waals surface area contributed by atoms with Gasteiger partial charge in [0.15, 0.2) is 0 Å². The van der Waals surface area contributed by atoms with Gasteiger partial charge in [0, 0.05) is 10.8 Å². The molecule has 0 saturated heterocycles. The highest BCUT2D eigenvalue weighted by molar-refractivity contribution is 6.27. The minimum absolute atomic E-state index is 0.922. The molecule has 1 heterocycles. The summed E-state index contributed by atoms with van der Waals surface area (Å²) in [6, 6.07) is 50.9. The van der Waals surface area contributed by atoms with E-state index < -0.39 is 0 Å². The molecule has 0 aliphatic heterocycles. The van der Waals surface area contributed by atoms with Crippen molar-refractivity contribution in [2.75, 3.05) is 0 Å². The van der Waals surface area contributed by atoms with Crippen LogP contribution in [0.2, 0.25) is 0 Å². The maximum atomic E-state index is 6.20. The highest BCUT2D eigenvalue weighted by atomic mass is 16.3. The van der Waals surface area contributed by atoms with Gasteiger partial charge in [-0.15, -0.1) is 0 Å². The molecule has 1 heteroatoms. The number of rotatable bonds is 3. The predicted octanol–water partition coefficient (Wildman–Crippen LogP) is 11.8. The lowest BCUT2D eigenvalue weighted by Gasteiger charge is -2.17. The van der Waals surface area contributed by atoms with Crippen LogP contribution in [0.1, 0.15) is 5.56 Å². The van der Waals surface area contributed by atoms with Crippen molar-refractivity contribution in [1.29, 1.82) is 0 Å². The summed E-state index contributed by atoms with van der Waals surface area (Å²) in [4.78, 5) is 0. The molecule has 0 aliphatic rings. The van der Waals surface area contributed by atoms with Gasteiger partial charge in [0.05, 0.1) is 0 Å². The molecule has 0 amide bonds. The fourth-order valence-electron chi connectivity index (χ4n) is 6.81. The van der Waals surface area contributed by atoms with Crippen molar-refractivity contribution < 1.29 is 4.42 Å². The van der Waals surface area contributed by atoms with E-state index in [1.165, 1.54) is 65.7 Å². The van der Waals surface area contributed by atoms with Crippen LogP contribution in [-0.2, 0) is 0 Å². The fraction of sp³-hybridized carbons (Fsp3) is 0.0244. The molecule has 1 aromatic heterocycles. The predicted molar refractivity (Wildman–Crippen MR) is 178 cm³/mol. The van der Waals surface area contributed by atoms with E-state index >= 15 is 0 Å². The Morgan fingerprint density at radius 2 is 0.952 bits per heavy atom. The van der Waals surface area contributed by atoms with Crippen molar-refractivity contribution >= 4 is 54.3 Å². The first-order valence-corrected chi connectivity index (χ1v) is 14.5. The third kappa shape index (κ3) is 3.44. The lowest BCUT2D eigenvalue weighted by Crippen LogP contribution is -1.90. The summed E-state index contributed by atoms with van der Waals surface area (Å²) in [7, 11) is 0. The van der Waals surface area contributed by atoms with Gasteiger partial charge in [0.25, 0.3) is 0 Å². The minimum Gasteiger partial charge on any atom is -0.456 e. The molecular weight excluding hydrogens is 508 g/mol. The van der Waals surface area contributed by atoms with Gasteiger partial charge < -0.3 is 4.42 Å². The molecule has 0 bridgehead atoms. The van der Waals surface area contributed by atoms with E-state index in [0.29, 0.717) is 0 Å². The van der Waals surface area contributed by atoms with Crippen LogP contribution >= 0.6 is 0 Å². The van der Waals surface area contributed by atoms with Crippen LogP contribution in [0.5, 0.6) is 0 Å². The van der Waals surface area contributed by atoms with Crippen molar-refractivity contribution in [2.45, 2.75) is 6.92 Å². The molecule has 9 aromatic rings. The largest absolute Gasteiger partial charge is 0.456 e. The van der Waals surface area contributed by atoms with E-state index in [2.05, 4.69) is 134 Å². The third-order valence-electron chi connectivity index (χ3n) is 8.91. The molecule has 0 atom stereocenters. The first kappa shape index (κ1) is 23.3. The Labute approximate surface area is 243 Å². The molecule has 0 aliphatic carbocycles. The number of furan rings is 1. The Morgan fingerprint density at radius 1 is 0.381 bits per heavy atom. The number of hydrogen-bond acceptors (Lipinski definition) is 1. The summed E-state index contributed by atoms with van der Waals surface area (Å²) in [6.45, 7) is 2.14. The third-order valence-corrected chi connectivity index (χ3v) is 8.91. The van der Waals surface area contributed by atoms with Crippen LogP contribution in [-0.4, -0.2) is 0 Å². The van der Waals surface area contributed by atoms with Crippen LogP contribution < -0.4 is 0 Å². The quantitative estimate of drug-likeness (QED) is 0.205. The Bertz CT molecular complexity index is 2460. The maximum Gasteiger partial charge on any atom is 0.136 e. The van der Waals surface area contributed by atoms with Crippen LogP contribution in [0.4, 0.5) is 0 Å². The van der Waals surface area contributed by atoms with Gasteiger partial charge in [0.1, 0.15) is 11.2 Å². The van der Waals surface area contributed by atoms with Crippen molar-refractivity contribution in [3.8, 4) is 33.4 Å². The first-order chi connectivity index (χ1) is 20.7. The summed E-state index contributed by atoms with van der Waals surface area (Å²) in [6.07, 6.45) is 0. The highest BCUT2D eigenvalue weighted by Crippen LogP contribution is 2.43. The average molecular weight is 535 g/mol. The number of aryl methyl sites for hydroxylation is 1. The average Bonchev–Trinajstić information content (AvgIpc) is 3.42. The van der Waals surface area contributed by atoms with Gasteiger partial charge in [-0.2, -0.15) is 0 Å². The molecule has 0 spiro atoms. The lowest BCUT2D eigenvalue weighted by atomic mass is 9.87. The molecule has 9 rings (SSSR count). The molecule has 0 unspecified atom stereocenters. The number of hydrogen-bond donors (Lipinski definition) is 0. The summed E-state index contributed by atoms with van der Waals surface area (Å²) >= 11 is 0. The van der Waals surface area contributed by atoms with Gasteiger partial charge in [0.2, 0.25) is 0 Å². The van der Waals surface area contributed by atoms with Crippen LogP contribution in [0.3, 0.4) is 0 Å². The van der Waals surface area contributed by atoms with E-state index in [-0.39, 0.29) is 0 Å². The minimum atomic E-state index is 0.922. The van der Waals surface area contributed by atoms with Crippen molar-refractivity contribution in [3.63, 3.8) is 0 Å². The zero-order valence-corrected chi connectivity index (χ0v) is 23.2. The fourth-order valence-corrected chi connectivity index (χ4v) is 6.81. The lowest BCUT2D eigenvalue weighted by molar-refractivity contribution is 0.669. The second kappa shape index (κ2) is 8.80. The zero-order valence-electron chi connectivity index (χ0n) is 23.2. The standard InChI is InChI=1S/C41H26O/c1-25-9-11-26(12-10-25)32-18-13-27-16-22-37-33(19-14-28-15-21-36(32)40(27)41(28)37)31-6-4-5-29(23-31)30-17-20-35-34-7-2-3-8-38(34)42-39(35)24-30/h2-24H,1H3. The Hall–Kier alpha value is -5.40. The second-order valence-corrected chi connectivity index (χ2v) is 11.4. The van der Waals surface area contributed by atoms with E-state index in [0.717, 1.165) is 27.5 Å². The number of para-hydroxylation sites is 1. The molecule has 0 fully saturated rings. The molecule has 196 valence electrons. The summed E-state index contributed by atoms with van der Waals surface area (Å²) < 4.78 is 6.20. The molecule has 0 saturated carbocycles. The van der Waals surface area contributed by atoms with Crippen molar-refractivity contribution in [1.82, 2.24) is 0 Å². The SMILES string of the molecule is Cc1ccc(-c2ccc3ccc4c(-c5cccc(-c6ccc7c(c6)oc6ccccc67)c5)ccc5ccc2c3c54)cc1. The Morgan fingerprint density at radius 3 is 1.71 bits per heavy atom. The highest BCUT2D eigenvalue weighted by Gasteiger charge is 2.15. The first-order valence-electron chi connectivity index (χ1n) is 14.5. The maximum absolute atomic E-state index is 6.20. The summed E-state index contributed by atoms with van der Waals surface area (Å²) in [5, 5.41) is 10.1. The number of fused-ring (bicyclic) bond motifs is 3. The Kier molecular flexibility index (Phi) is 4.88. The van der Waals surface area contributed by atoms with E-state index in [1.807, 2.05) is 12.1 Å². The molecule has 1 nitrogen and oxygen atoms in total. The number of benzene rings is 8. The van der Waals surface area contributed by atoms with Gasteiger partial charge in [-0.3, -0.25) is 0 Å². The van der Waals surface area contributed by atoms with E-state index in [4.69, 9.17) is 4.42 Å². The Balaban J connectivity index is 1.22. The van der Waals surface area contributed by atoms with Crippen LogP contribution in [0, 0.1) is 6.92 Å².